The van der Waals surface area contributed by atoms with Gasteiger partial charge in [0, 0.05) is 12.8 Å². The molecule has 3 heterocycles. The zero-order chi connectivity index (χ0) is 9.10. The van der Waals surface area contributed by atoms with E-state index in [-0.39, 0.29) is 17.7 Å². The fraction of sp³-hybridized carbons (Fsp3) is 0.889. The average molecular weight is 184 g/mol. The number of ether oxygens (including phenoxy) is 3. The first-order chi connectivity index (χ1) is 6.12. The summed E-state index contributed by atoms with van der Waals surface area (Å²) in [5.74, 6) is -0.641. The molecule has 3 rings (SSSR count). The summed E-state index contributed by atoms with van der Waals surface area (Å²) in [5, 5.41) is 0. The molecule has 4 heteroatoms. The second-order valence-corrected chi connectivity index (χ2v) is 4.26. The van der Waals surface area contributed by atoms with E-state index in [9.17, 15) is 4.79 Å². The highest BCUT2D eigenvalue weighted by Crippen LogP contribution is 2.51. The minimum atomic E-state index is -0.510. The van der Waals surface area contributed by atoms with Gasteiger partial charge in [0.15, 0.2) is 5.79 Å². The molecule has 3 saturated heterocycles. The van der Waals surface area contributed by atoms with E-state index >= 15 is 0 Å². The Morgan fingerprint density at radius 2 is 2.38 bits per heavy atom. The Kier molecular flexibility index (Phi) is 1.23. The van der Waals surface area contributed by atoms with Crippen LogP contribution in [0.1, 0.15) is 26.2 Å². The second-order valence-electron chi connectivity index (χ2n) is 4.26. The van der Waals surface area contributed by atoms with Crippen molar-refractivity contribution in [3.63, 3.8) is 0 Å². The molecule has 1 spiro atoms. The molecule has 0 amide bonds. The molecule has 0 saturated carbocycles. The Hall–Kier alpha value is -0.610. The zero-order valence-corrected chi connectivity index (χ0v) is 7.54. The first kappa shape index (κ1) is 7.76. The monoisotopic (exact) mass is 184 g/mol. The number of esters is 1. The average Bonchev–Trinajstić information content (AvgIpc) is 2.33. The van der Waals surface area contributed by atoms with Crippen molar-refractivity contribution in [3.8, 4) is 0 Å². The van der Waals surface area contributed by atoms with Crippen LogP contribution in [-0.4, -0.2) is 30.1 Å². The Morgan fingerprint density at radius 3 is 3.23 bits per heavy atom. The summed E-state index contributed by atoms with van der Waals surface area (Å²) in [4.78, 5) is 11.1. The van der Waals surface area contributed by atoms with Gasteiger partial charge in [-0.05, 0) is 6.92 Å². The van der Waals surface area contributed by atoms with E-state index in [4.69, 9.17) is 14.2 Å². The van der Waals surface area contributed by atoms with Gasteiger partial charge in [-0.25, -0.2) is 0 Å². The predicted molar refractivity (Wildman–Crippen MR) is 41.9 cm³/mol. The van der Waals surface area contributed by atoms with Crippen LogP contribution in [0.5, 0.6) is 0 Å². The molecule has 0 aromatic rings. The second kappa shape index (κ2) is 2.07. The van der Waals surface area contributed by atoms with Gasteiger partial charge in [0.1, 0.15) is 11.7 Å². The highest BCUT2D eigenvalue weighted by atomic mass is 16.7. The maximum absolute atomic E-state index is 11.1. The van der Waals surface area contributed by atoms with Gasteiger partial charge in [0.05, 0.1) is 13.0 Å². The highest BCUT2D eigenvalue weighted by Gasteiger charge is 2.63. The Balaban J connectivity index is 1.97. The van der Waals surface area contributed by atoms with Gasteiger partial charge in [0.2, 0.25) is 0 Å². The van der Waals surface area contributed by atoms with Crippen molar-refractivity contribution in [3.05, 3.63) is 0 Å². The third kappa shape index (κ3) is 0.901. The molecule has 0 radical (unpaired) electrons. The van der Waals surface area contributed by atoms with Crippen LogP contribution in [0.15, 0.2) is 0 Å². The van der Waals surface area contributed by atoms with E-state index in [0.29, 0.717) is 19.4 Å². The van der Waals surface area contributed by atoms with E-state index < -0.39 is 5.79 Å². The topological polar surface area (TPSA) is 44.8 Å². The number of carbonyl (C=O) groups excluding carboxylic acids is 1. The van der Waals surface area contributed by atoms with Gasteiger partial charge in [0.25, 0.3) is 0 Å². The molecule has 13 heavy (non-hydrogen) atoms. The number of hydrogen-bond acceptors (Lipinski definition) is 4. The van der Waals surface area contributed by atoms with Crippen LogP contribution in [-0.2, 0) is 19.0 Å². The Labute approximate surface area is 76.1 Å². The number of carbonyl (C=O) groups is 1. The fourth-order valence-corrected chi connectivity index (χ4v) is 2.63. The lowest BCUT2D eigenvalue weighted by Crippen LogP contribution is -2.43. The number of fused-ring (bicyclic) bond motifs is 1. The highest BCUT2D eigenvalue weighted by molar-refractivity contribution is 5.74. The van der Waals surface area contributed by atoms with Gasteiger partial charge in [-0.2, -0.15) is 0 Å². The van der Waals surface area contributed by atoms with Crippen LogP contribution >= 0.6 is 0 Å². The van der Waals surface area contributed by atoms with Crippen molar-refractivity contribution in [2.75, 3.05) is 6.61 Å². The number of hydrogen-bond donors (Lipinski definition) is 0. The standard InChI is InChI=1S/C9H12O4/c1-8-4-6-9(13-8,2-3-11-8)5-7(10)12-6/h6H,2-5H2,1H3/t6-,8+,9+/m1/s1. The Bertz CT molecular complexity index is 277. The summed E-state index contributed by atoms with van der Waals surface area (Å²) in [6.45, 7) is 2.59. The molecular weight excluding hydrogens is 172 g/mol. The molecule has 0 unspecified atom stereocenters. The molecular formula is C9H12O4. The molecule has 4 nitrogen and oxygen atoms in total. The van der Waals surface area contributed by atoms with E-state index in [2.05, 4.69) is 0 Å². The summed E-state index contributed by atoms with van der Waals surface area (Å²) < 4.78 is 16.5. The maximum Gasteiger partial charge on any atom is 0.309 e. The lowest BCUT2D eigenvalue weighted by molar-refractivity contribution is -0.278. The van der Waals surface area contributed by atoms with Crippen molar-refractivity contribution < 1.29 is 19.0 Å². The van der Waals surface area contributed by atoms with Crippen LogP contribution in [0.4, 0.5) is 0 Å². The van der Waals surface area contributed by atoms with Gasteiger partial charge in [-0.1, -0.05) is 0 Å². The van der Waals surface area contributed by atoms with E-state index in [1.807, 2.05) is 6.92 Å². The first-order valence-corrected chi connectivity index (χ1v) is 4.66. The summed E-state index contributed by atoms with van der Waals surface area (Å²) in [6, 6.07) is 0. The molecule has 72 valence electrons. The molecule has 0 aromatic carbocycles. The van der Waals surface area contributed by atoms with Gasteiger partial charge >= 0.3 is 5.97 Å². The van der Waals surface area contributed by atoms with Crippen LogP contribution < -0.4 is 0 Å². The van der Waals surface area contributed by atoms with Crippen molar-refractivity contribution in [2.45, 2.75) is 43.7 Å². The molecule has 3 atom stereocenters. The minimum absolute atomic E-state index is 0.0764. The minimum Gasteiger partial charge on any atom is -0.459 e. The summed E-state index contributed by atoms with van der Waals surface area (Å²) in [7, 11) is 0. The zero-order valence-electron chi connectivity index (χ0n) is 7.54. The summed E-state index contributed by atoms with van der Waals surface area (Å²) >= 11 is 0. The first-order valence-electron chi connectivity index (χ1n) is 4.66. The van der Waals surface area contributed by atoms with Crippen LogP contribution in [0.3, 0.4) is 0 Å². The van der Waals surface area contributed by atoms with E-state index in [0.717, 1.165) is 6.42 Å². The molecule has 3 aliphatic rings. The SMILES string of the molecule is C[C@]12C[C@H]3OC(=O)C[C@]3(CCO1)O2. The molecule has 3 fully saturated rings. The third-order valence-electron chi connectivity index (χ3n) is 3.21. The maximum atomic E-state index is 11.1. The number of rotatable bonds is 0. The molecule has 2 bridgehead atoms. The third-order valence-corrected chi connectivity index (χ3v) is 3.21. The summed E-state index contributed by atoms with van der Waals surface area (Å²) in [6.07, 6.45) is 1.78. The Morgan fingerprint density at radius 1 is 1.54 bits per heavy atom. The van der Waals surface area contributed by atoms with Gasteiger partial charge in [-0.3, -0.25) is 4.79 Å². The van der Waals surface area contributed by atoms with E-state index in [1.54, 1.807) is 0 Å². The lowest BCUT2D eigenvalue weighted by Gasteiger charge is -2.35. The van der Waals surface area contributed by atoms with Gasteiger partial charge in [-0.15, -0.1) is 0 Å². The molecule has 0 N–H and O–H groups in total. The summed E-state index contributed by atoms with van der Waals surface area (Å²) in [5.41, 5.74) is -0.357. The van der Waals surface area contributed by atoms with Crippen molar-refractivity contribution in [1.82, 2.24) is 0 Å². The largest absolute Gasteiger partial charge is 0.459 e. The van der Waals surface area contributed by atoms with E-state index in [1.165, 1.54) is 0 Å². The van der Waals surface area contributed by atoms with Crippen LogP contribution in [0, 0.1) is 0 Å². The van der Waals surface area contributed by atoms with Crippen LogP contribution in [0.2, 0.25) is 0 Å². The fourth-order valence-electron chi connectivity index (χ4n) is 2.63. The molecule has 0 aromatic heterocycles. The van der Waals surface area contributed by atoms with Crippen molar-refractivity contribution in [1.29, 1.82) is 0 Å². The molecule has 3 aliphatic heterocycles. The molecule has 0 aliphatic carbocycles. The van der Waals surface area contributed by atoms with Crippen molar-refractivity contribution in [2.24, 2.45) is 0 Å². The van der Waals surface area contributed by atoms with Gasteiger partial charge < -0.3 is 14.2 Å². The smallest absolute Gasteiger partial charge is 0.309 e. The van der Waals surface area contributed by atoms with Crippen molar-refractivity contribution >= 4 is 5.97 Å². The predicted octanol–water partition coefficient (Wildman–Crippen LogP) is 0.598. The normalized spacial score (nSPS) is 53.3. The quantitative estimate of drug-likeness (QED) is 0.517. The lowest BCUT2D eigenvalue weighted by atomic mass is 9.92. The van der Waals surface area contributed by atoms with Crippen LogP contribution in [0.25, 0.3) is 0 Å².